The molecule has 0 aromatic rings. The zero-order valence-electron chi connectivity index (χ0n) is 8.06. The largest absolute Gasteiger partial charge is 0.319 e. The van der Waals surface area contributed by atoms with Crippen LogP contribution in [0.3, 0.4) is 0 Å². The Bertz CT molecular complexity index is 111. The maximum Gasteiger partial charge on any atom is -0.00210 e. The molecule has 0 heterocycles. The van der Waals surface area contributed by atoms with E-state index in [-0.39, 0.29) is 0 Å². The van der Waals surface area contributed by atoms with E-state index in [4.69, 9.17) is 0 Å². The summed E-state index contributed by atoms with van der Waals surface area (Å²) in [7, 11) is 2.06. The van der Waals surface area contributed by atoms with Crippen LogP contribution in [0.15, 0.2) is 0 Å². The van der Waals surface area contributed by atoms with Crippen molar-refractivity contribution in [2.45, 2.75) is 33.1 Å². The van der Waals surface area contributed by atoms with Crippen LogP contribution >= 0.6 is 0 Å². The van der Waals surface area contributed by atoms with Crippen molar-refractivity contribution in [2.75, 3.05) is 13.6 Å². The quantitative estimate of drug-likeness (QED) is 0.645. The van der Waals surface area contributed by atoms with Crippen LogP contribution < -0.4 is 5.32 Å². The van der Waals surface area contributed by atoms with Gasteiger partial charge in [-0.2, -0.15) is 0 Å². The van der Waals surface area contributed by atoms with Gasteiger partial charge in [0.1, 0.15) is 0 Å². The summed E-state index contributed by atoms with van der Waals surface area (Å²) in [4.78, 5) is 0. The first kappa shape index (κ1) is 9.05. The maximum atomic E-state index is 3.28. The van der Waals surface area contributed by atoms with Crippen molar-refractivity contribution in [3.8, 4) is 0 Å². The first-order chi connectivity index (χ1) is 5.24. The van der Waals surface area contributed by atoms with E-state index in [2.05, 4.69) is 26.2 Å². The summed E-state index contributed by atoms with van der Waals surface area (Å²) >= 11 is 0. The van der Waals surface area contributed by atoms with Gasteiger partial charge in [-0.3, -0.25) is 0 Å². The van der Waals surface area contributed by atoms with E-state index in [9.17, 15) is 0 Å². The van der Waals surface area contributed by atoms with Gasteiger partial charge in [-0.05, 0) is 44.2 Å². The fourth-order valence-electron chi connectivity index (χ4n) is 2.29. The van der Waals surface area contributed by atoms with E-state index in [1.165, 1.54) is 25.8 Å². The summed E-state index contributed by atoms with van der Waals surface area (Å²) in [6.45, 7) is 6.00. The van der Waals surface area contributed by atoms with Crippen LogP contribution in [0, 0.1) is 17.8 Å². The molecule has 1 aliphatic carbocycles. The predicted octanol–water partition coefficient (Wildman–Crippen LogP) is 2.28. The topological polar surface area (TPSA) is 12.0 Å². The normalized spacial score (nSPS) is 39.0. The third-order valence-electron chi connectivity index (χ3n) is 3.08. The highest BCUT2D eigenvalue weighted by Gasteiger charge is 2.24. The van der Waals surface area contributed by atoms with Gasteiger partial charge >= 0.3 is 0 Å². The van der Waals surface area contributed by atoms with E-state index < -0.39 is 0 Å². The first-order valence-corrected chi connectivity index (χ1v) is 4.88. The second kappa shape index (κ2) is 4.10. The van der Waals surface area contributed by atoms with Crippen molar-refractivity contribution in [2.24, 2.45) is 17.8 Å². The predicted molar refractivity (Wildman–Crippen MR) is 49.6 cm³/mol. The molecule has 1 heteroatoms. The Morgan fingerprint density at radius 1 is 1.27 bits per heavy atom. The summed E-state index contributed by atoms with van der Waals surface area (Å²) in [5.41, 5.74) is 0. The van der Waals surface area contributed by atoms with Crippen molar-refractivity contribution in [3.05, 3.63) is 0 Å². The molecule has 3 unspecified atom stereocenters. The highest BCUT2D eigenvalue weighted by molar-refractivity contribution is 4.76. The van der Waals surface area contributed by atoms with E-state index >= 15 is 0 Å². The molecule has 0 amide bonds. The van der Waals surface area contributed by atoms with Gasteiger partial charge in [0.2, 0.25) is 0 Å². The molecule has 1 aliphatic rings. The monoisotopic (exact) mass is 155 g/mol. The van der Waals surface area contributed by atoms with Crippen LogP contribution in [-0.2, 0) is 0 Å². The van der Waals surface area contributed by atoms with E-state index in [0.717, 1.165) is 17.8 Å². The molecule has 1 rings (SSSR count). The van der Waals surface area contributed by atoms with Crippen LogP contribution in [0.4, 0.5) is 0 Å². The Hall–Kier alpha value is -0.0400. The molecule has 1 saturated carbocycles. The van der Waals surface area contributed by atoms with Crippen molar-refractivity contribution in [3.63, 3.8) is 0 Å². The fraction of sp³-hybridized carbons (Fsp3) is 1.00. The van der Waals surface area contributed by atoms with E-state index in [1.54, 1.807) is 0 Å². The molecule has 0 saturated heterocycles. The second-order valence-corrected chi connectivity index (χ2v) is 4.21. The fourth-order valence-corrected chi connectivity index (χ4v) is 2.29. The number of hydrogen-bond donors (Lipinski definition) is 1. The summed E-state index contributed by atoms with van der Waals surface area (Å²) in [6, 6.07) is 0. The first-order valence-electron chi connectivity index (χ1n) is 4.88. The molecule has 1 fully saturated rings. The molecule has 1 nitrogen and oxygen atoms in total. The van der Waals surface area contributed by atoms with Gasteiger partial charge < -0.3 is 5.32 Å². The molecule has 0 bridgehead atoms. The van der Waals surface area contributed by atoms with Crippen molar-refractivity contribution < 1.29 is 0 Å². The van der Waals surface area contributed by atoms with Gasteiger partial charge in [0.05, 0.1) is 0 Å². The minimum atomic E-state index is 0.936. The van der Waals surface area contributed by atoms with Crippen LogP contribution in [0.5, 0.6) is 0 Å². The standard InChI is InChI=1S/C10H21N/c1-8-4-5-10(7-11-3)9(2)6-8/h8-11H,4-7H2,1-3H3. The lowest BCUT2D eigenvalue weighted by molar-refractivity contribution is 0.203. The lowest BCUT2D eigenvalue weighted by Gasteiger charge is -2.32. The number of nitrogens with one attached hydrogen (secondary N) is 1. The van der Waals surface area contributed by atoms with Gasteiger partial charge in [0, 0.05) is 0 Å². The zero-order chi connectivity index (χ0) is 8.27. The summed E-state index contributed by atoms with van der Waals surface area (Å²) < 4.78 is 0. The summed E-state index contributed by atoms with van der Waals surface area (Å²) in [6.07, 6.45) is 4.31. The third-order valence-corrected chi connectivity index (χ3v) is 3.08. The lowest BCUT2D eigenvalue weighted by atomic mass is 9.76. The second-order valence-electron chi connectivity index (χ2n) is 4.21. The molecular weight excluding hydrogens is 134 g/mol. The molecule has 0 radical (unpaired) electrons. The van der Waals surface area contributed by atoms with Crippen molar-refractivity contribution in [1.29, 1.82) is 0 Å². The summed E-state index contributed by atoms with van der Waals surface area (Å²) in [5, 5.41) is 3.28. The molecule has 0 aliphatic heterocycles. The minimum Gasteiger partial charge on any atom is -0.319 e. The molecule has 0 spiro atoms. The van der Waals surface area contributed by atoms with Crippen LogP contribution in [0.25, 0.3) is 0 Å². The Morgan fingerprint density at radius 3 is 2.55 bits per heavy atom. The molecule has 3 atom stereocenters. The van der Waals surface area contributed by atoms with Gasteiger partial charge in [-0.25, -0.2) is 0 Å². The van der Waals surface area contributed by atoms with E-state index in [1.807, 2.05) is 0 Å². The average Bonchev–Trinajstić information content (AvgIpc) is 1.95. The smallest absolute Gasteiger partial charge is 0.00210 e. The maximum absolute atomic E-state index is 3.28. The van der Waals surface area contributed by atoms with Crippen LogP contribution in [0.1, 0.15) is 33.1 Å². The molecule has 0 aromatic heterocycles. The number of rotatable bonds is 2. The van der Waals surface area contributed by atoms with Crippen LogP contribution in [0.2, 0.25) is 0 Å². The Balaban J connectivity index is 2.31. The van der Waals surface area contributed by atoms with Crippen molar-refractivity contribution in [1.82, 2.24) is 5.32 Å². The molecule has 0 aromatic carbocycles. The van der Waals surface area contributed by atoms with E-state index in [0.29, 0.717) is 0 Å². The van der Waals surface area contributed by atoms with Gasteiger partial charge in [-0.1, -0.05) is 20.3 Å². The average molecular weight is 155 g/mol. The van der Waals surface area contributed by atoms with Gasteiger partial charge in [-0.15, -0.1) is 0 Å². The van der Waals surface area contributed by atoms with Gasteiger partial charge in [0.25, 0.3) is 0 Å². The molecular formula is C10H21N. The Kier molecular flexibility index (Phi) is 3.38. The molecule has 1 N–H and O–H groups in total. The van der Waals surface area contributed by atoms with Crippen molar-refractivity contribution >= 4 is 0 Å². The Morgan fingerprint density at radius 2 is 2.00 bits per heavy atom. The van der Waals surface area contributed by atoms with Gasteiger partial charge in [0.15, 0.2) is 0 Å². The number of hydrogen-bond acceptors (Lipinski definition) is 1. The third kappa shape index (κ3) is 2.48. The molecule has 11 heavy (non-hydrogen) atoms. The Labute approximate surface area is 70.6 Å². The molecule has 66 valence electrons. The highest BCUT2D eigenvalue weighted by atomic mass is 14.8. The zero-order valence-corrected chi connectivity index (χ0v) is 8.06. The highest BCUT2D eigenvalue weighted by Crippen LogP contribution is 2.32. The lowest BCUT2D eigenvalue weighted by Crippen LogP contribution is -2.29. The minimum absolute atomic E-state index is 0.936. The summed E-state index contributed by atoms with van der Waals surface area (Å²) in [5.74, 6) is 2.85. The van der Waals surface area contributed by atoms with Crippen LogP contribution in [-0.4, -0.2) is 13.6 Å². The SMILES string of the molecule is CNCC1CCC(C)CC1C.